The zero-order valence-corrected chi connectivity index (χ0v) is 37.8. The van der Waals surface area contributed by atoms with Gasteiger partial charge in [-0.05, 0) is 84.6 Å². The van der Waals surface area contributed by atoms with Gasteiger partial charge in [-0.1, -0.05) is 188 Å². The molecule has 3 aromatic heterocycles. The first-order valence-electron chi connectivity index (χ1n) is 23.2. The largest absolute Gasteiger partial charge is 0.309 e. The zero-order chi connectivity index (χ0) is 45.6. The first-order valence-corrected chi connectivity index (χ1v) is 23.2. The van der Waals surface area contributed by atoms with Crippen molar-refractivity contribution in [1.29, 1.82) is 0 Å². The minimum atomic E-state index is 0.600. The fourth-order valence-corrected chi connectivity index (χ4v) is 9.92. The van der Waals surface area contributed by atoms with Crippen molar-refractivity contribution in [2.75, 3.05) is 0 Å². The van der Waals surface area contributed by atoms with Crippen molar-refractivity contribution in [2.45, 2.75) is 13.8 Å². The number of rotatable bonds is 9. The van der Waals surface area contributed by atoms with E-state index in [2.05, 4.69) is 223 Å². The average molecular weight is 872 g/mol. The lowest BCUT2D eigenvalue weighted by molar-refractivity contribution is 1.07. The molecule has 0 fully saturated rings. The van der Waals surface area contributed by atoms with Gasteiger partial charge in [0.25, 0.3) is 0 Å². The van der Waals surface area contributed by atoms with Gasteiger partial charge in [-0.2, -0.15) is 0 Å². The van der Waals surface area contributed by atoms with Crippen LogP contribution in [0, 0.1) is 0 Å². The lowest BCUT2D eigenvalue weighted by atomic mass is 9.92. The van der Waals surface area contributed by atoms with Crippen LogP contribution in [-0.4, -0.2) is 24.1 Å². The van der Waals surface area contributed by atoms with Crippen LogP contribution in [0.2, 0.25) is 0 Å². The Labute approximate surface area is 395 Å². The Morgan fingerprint density at radius 1 is 0.368 bits per heavy atom. The molecule has 0 aliphatic carbocycles. The van der Waals surface area contributed by atoms with Gasteiger partial charge in [0.1, 0.15) is 0 Å². The van der Waals surface area contributed by atoms with E-state index in [-0.39, 0.29) is 0 Å². The third-order valence-corrected chi connectivity index (χ3v) is 13.0. The molecule has 12 aromatic rings. The van der Waals surface area contributed by atoms with Gasteiger partial charge in [0.15, 0.2) is 17.5 Å². The van der Waals surface area contributed by atoms with Gasteiger partial charge in [0.2, 0.25) is 0 Å². The Morgan fingerprint density at radius 3 is 1.44 bits per heavy atom. The fourth-order valence-electron chi connectivity index (χ4n) is 9.92. The highest BCUT2D eigenvalue weighted by Gasteiger charge is 2.24. The number of nitrogens with zero attached hydrogens (tertiary/aromatic N) is 5. The summed E-state index contributed by atoms with van der Waals surface area (Å²) in [5.74, 6) is 1.84. The van der Waals surface area contributed by atoms with E-state index in [4.69, 9.17) is 15.0 Å². The Morgan fingerprint density at radius 2 is 0.868 bits per heavy atom. The van der Waals surface area contributed by atoms with Gasteiger partial charge >= 0.3 is 0 Å². The predicted molar refractivity (Wildman–Crippen MR) is 284 cm³/mol. The quantitative estimate of drug-likeness (QED) is 0.136. The van der Waals surface area contributed by atoms with Crippen LogP contribution in [0.1, 0.15) is 19.4 Å². The van der Waals surface area contributed by atoms with Crippen LogP contribution in [0.25, 0.3) is 117 Å². The Kier molecular flexibility index (Phi) is 10.2. The summed E-state index contributed by atoms with van der Waals surface area (Å²) in [7, 11) is 0. The minimum Gasteiger partial charge on any atom is -0.309 e. The summed E-state index contributed by atoms with van der Waals surface area (Å²) in [6.45, 7) is 4.20. The molecule has 0 saturated carbocycles. The number of hydrogen-bond acceptors (Lipinski definition) is 3. The number of para-hydroxylation sites is 2. The first-order chi connectivity index (χ1) is 33.6. The second-order valence-corrected chi connectivity index (χ2v) is 17.1. The third-order valence-electron chi connectivity index (χ3n) is 13.0. The lowest BCUT2D eigenvalue weighted by Gasteiger charge is -2.22. The summed E-state index contributed by atoms with van der Waals surface area (Å²) in [5.41, 5.74) is 16.1. The molecule has 0 atom stereocenters. The topological polar surface area (TPSA) is 48.5 Å². The molecule has 9 aromatic carbocycles. The van der Waals surface area contributed by atoms with Gasteiger partial charge in [0.05, 0.1) is 27.8 Å². The Hall–Kier alpha value is -8.93. The van der Waals surface area contributed by atoms with Crippen LogP contribution in [0.5, 0.6) is 0 Å². The molecule has 0 aliphatic heterocycles. The van der Waals surface area contributed by atoms with Crippen molar-refractivity contribution in [2.24, 2.45) is 0 Å². The second kappa shape index (κ2) is 17.1. The third kappa shape index (κ3) is 7.00. The van der Waals surface area contributed by atoms with E-state index in [1.807, 2.05) is 36.4 Å². The van der Waals surface area contributed by atoms with Crippen LogP contribution in [0.4, 0.5) is 0 Å². The summed E-state index contributed by atoms with van der Waals surface area (Å²) in [6, 6.07) is 77.7. The summed E-state index contributed by atoms with van der Waals surface area (Å²) in [6.07, 6.45) is 6.54. The molecule has 68 heavy (non-hydrogen) atoms. The Bertz CT molecular complexity index is 3790. The average Bonchev–Trinajstić information content (AvgIpc) is 3.92. The van der Waals surface area contributed by atoms with Crippen molar-refractivity contribution in [3.8, 4) is 67.8 Å². The number of aromatic nitrogens is 5. The minimum absolute atomic E-state index is 0.600. The molecule has 0 unspecified atom stereocenters. The van der Waals surface area contributed by atoms with E-state index in [1.165, 1.54) is 32.6 Å². The highest BCUT2D eigenvalue weighted by atomic mass is 15.0. The first kappa shape index (κ1) is 40.6. The Balaban J connectivity index is 1.19. The van der Waals surface area contributed by atoms with Crippen molar-refractivity contribution < 1.29 is 0 Å². The summed E-state index contributed by atoms with van der Waals surface area (Å²) in [4.78, 5) is 15.6. The molecule has 5 heteroatoms. The summed E-state index contributed by atoms with van der Waals surface area (Å²) in [5, 5.41) is 4.81. The van der Waals surface area contributed by atoms with Crippen LogP contribution < -0.4 is 0 Å². The fraction of sp³-hybridized carbons (Fsp3) is 0.0317. The normalized spacial score (nSPS) is 12.0. The van der Waals surface area contributed by atoms with Gasteiger partial charge in [-0.15, -0.1) is 0 Å². The van der Waals surface area contributed by atoms with E-state index < -0.39 is 0 Å². The number of fused-ring (bicyclic) bond motifs is 6. The number of allylic oxidation sites excluding steroid dienone is 4. The van der Waals surface area contributed by atoms with E-state index >= 15 is 0 Å². The monoisotopic (exact) mass is 871 g/mol. The zero-order valence-electron chi connectivity index (χ0n) is 37.8. The van der Waals surface area contributed by atoms with Crippen molar-refractivity contribution in [3.05, 3.63) is 242 Å². The maximum absolute atomic E-state index is 5.25. The van der Waals surface area contributed by atoms with Crippen molar-refractivity contribution in [1.82, 2.24) is 24.1 Å². The molecule has 0 aliphatic rings. The van der Waals surface area contributed by atoms with E-state index in [0.29, 0.717) is 17.5 Å². The highest BCUT2D eigenvalue weighted by Crippen LogP contribution is 2.44. The molecule has 0 amide bonds. The molecular formula is C63H45N5. The van der Waals surface area contributed by atoms with Gasteiger partial charge in [-0.25, -0.2) is 15.0 Å². The molecule has 0 N–H and O–H groups in total. The maximum atomic E-state index is 5.25. The van der Waals surface area contributed by atoms with Gasteiger partial charge in [0, 0.05) is 55.0 Å². The molecule has 0 saturated heterocycles. The van der Waals surface area contributed by atoms with Crippen LogP contribution in [0.15, 0.2) is 237 Å². The standard InChI is InChI=1S/C63H45N5/c1-3-21-42(4-2)53-38-48(63-65-61(45-26-13-7-14-27-45)64-62(66-63)46-28-15-8-16-29-46)39-54(44-24-11-6-12-25-44)60(53)68-58-37-35-49(67-56-32-19-17-30-50(56)51-31-18-20-33-57(51)67)41-55(58)52-36-34-47(40-59(52)68)43-22-9-5-10-23-43/h3-41H,1-2H3/b21-3-,42-4+. The van der Waals surface area contributed by atoms with Crippen LogP contribution in [-0.2, 0) is 0 Å². The molecule has 3 heterocycles. The highest BCUT2D eigenvalue weighted by molar-refractivity contribution is 6.14. The summed E-state index contributed by atoms with van der Waals surface area (Å²) >= 11 is 0. The van der Waals surface area contributed by atoms with E-state index in [0.717, 1.165) is 72.5 Å². The SMILES string of the molecule is C/C=C\C(=C/C)c1cc(-c2nc(-c3ccccc3)nc(-c3ccccc3)n2)cc(-c2ccccc2)c1-n1c2ccc(-n3c4ccccc4c4ccccc43)cc2c2ccc(-c3ccccc3)cc21. The van der Waals surface area contributed by atoms with Gasteiger partial charge in [-0.3, -0.25) is 0 Å². The van der Waals surface area contributed by atoms with E-state index in [1.54, 1.807) is 0 Å². The number of hydrogen-bond donors (Lipinski definition) is 0. The molecule has 0 radical (unpaired) electrons. The molecule has 0 spiro atoms. The number of benzene rings is 9. The lowest BCUT2D eigenvalue weighted by Crippen LogP contribution is -2.05. The van der Waals surface area contributed by atoms with Crippen LogP contribution in [0.3, 0.4) is 0 Å². The second-order valence-electron chi connectivity index (χ2n) is 17.1. The molecular weight excluding hydrogens is 827 g/mol. The van der Waals surface area contributed by atoms with Crippen molar-refractivity contribution in [3.63, 3.8) is 0 Å². The van der Waals surface area contributed by atoms with E-state index in [9.17, 15) is 0 Å². The molecule has 0 bridgehead atoms. The maximum Gasteiger partial charge on any atom is 0.164 e. The molecule has 12 rings (SSSR count). The van der Waals surface area contributed by atoms with Crippen LogP contribution >= 0.6 is 0 Å². The van der Waals surface area contributed by atoms with Crippen molar-refractivity contribution >= 4 is 49.2 Å². The smallest absolute Gasteiger partial charge is 0.164 e. The molecule has 5 nitrogen and oxygen atoms in total. The summed E-state index contributed by atoms with van der Waals surface area (Å²) < 4.78 is 4.91. The van der Waals surface area contributed by atoms with Gasteiger partial charge < -0.3 is 9.13 Å². The molecule has 322 valence electrons. The predicted octanol–water partition coefficient (Wildman–Crippen LogP) is 16.4.